The van der Waals surface area contributed by atoms with Gasteiger partial charge in [-0.2, -0.15) is 0 Å². The highest BCUT2D eigenvalue weighted by Crippen LogP contribution is 2.10. The maximum absolute atomic E-state index is 11.6. The molecular weight excluding hydrogens is 276 g/mol. The van der Waals surface area contributed by atoms with Crippen molar-refractivity contribution in [2.75, 3.05) is 52.4 Å². The van der Waals surface area contributed by atoms with Crippen LogP contribution < -0.4 is 5.73 Å². The molecule has 2 rings (SSSR count). The first kappa shape index (κ1) is 17.5. The molecule has 2 aliphatic rings. The molecule has 2 fully saturated rings. The Morgan fingerprint density at radius 3 is 1.55 bits per heavy atom. The molecule has 0 aliphatic carbocycles. The SMILES string of the molecule is NC(=O)N(CCCN1CCCCC1)CCCN1CCCCC1. The van der Waals surface area contributed by atoms with Crippen LogP contribution in [-0.2, 0) is 0 Å². The number of piperidine rings is 2. The molecule has 5 nitrogen and oxygen atoms in total. The molecule has 0 unspecified atom stereocenters. The summed E-state index contributed by atoms with van der Waals surface area (Å²) in [6.45, 7) is 8.75. The number of primary amides is 1. The fourth-order valence-electron chi connectivity index (χ4n) is 3.67. The van der Waals surface area contributed by atoms with E-state index in [0.29, 0.717) is 0 Å². The number of carbonyl (C=O) groups excluding carboxylic acids is 1. The monoisotopic (exact) mass is 310 g/mol. The van der Waals surface area contributed by atoms with Crippen molar-refractivity contribution in [1.82, 2.24) is 14.7 Å². The van der Waals surface area contributed by atoms with Crippen LogP contribution in [0.15, 0.2) is 0 Å². The minimum absolute atomic E-state index is 0.253. The lowest BCUT2D eigenvalue weighted by Gasteiger charge is -2.29. The van der Waals surface area contributed by atoms with E-state index in [4.69, 9.17) is 5.73 Å². The lowest BCUT2D eigenvalue weighted by atomic mass is 10.1. The maximum atomic E-state index is 11.6. The maximum Gasteiger partial charge on any atom is 0.314 e. The van der Waals surface area contributed by atoms with Gasteiger partial charge in [0.05, 0.1) is 0 Å². The van der Waals surface area contributed by atoms with Gasteiger partial charge in [0.1, 0.15) is 0 Å². The summed E-state index contributed by atoms with van der Waals surface area (Å²) in [5.41, 5.74) is 5.53. The predicted molar refractivity (Wildman–Crippen MR) is 91.0 cm³/mol. The molecule has 2 N–H and O–H groups in total. The van der Waals surface area contributed by atoms with Gasteiger partial charge in [0, 0.05) is 13.1 Å². The number of nitrogens with two attached hydrogens (primary N) is 1. The number of urea groups is 1. The topological polar surface area (TPSA) is 52.8 Å². The Labute approximate surface area is 135 Å². The molecule has 2 aliphatic heterocycles. The number of nitrogens with zero attached hydrogens (tertiary/aromatic N) is 3. The van der Waals surface area contributed by atoms with Crippen molar-refractivity contribution in [2.24, 2.45) is 5.73 Å². The molecule has 5 heteroatoms. The second-order valence-corrected chi connectivity index (χ2v) is 6.84. The van der Waals surface area contributed by atoms with E-state index in [-0.39, 0.29) is 6.03 Å². The van der Waals surface area contributed by atoms with Crippen LogP contribution in [-0.4, -0.2) is 73.1 Å². The molecule has 2 heterocycles. The van der Waals surface area contributed by atoms with Gasteiger partial charge in [0.25, 0.3) is 0 Å². The van der Waals surface area contributed by atoms with Crippen LogP contribution in [0.25, 0.3) is 0 Å². The van der Waals surface area contributed by atoms with Crippen molar-refractivity contribution in [2.45, 2.75) is 51.4 Å². The summed E-state index contributed by atoms with van der Waals surface area (Å²) in [5.74, 6) is 0. The average molecular weight is 310 g/mol. The van der Waals surface area contributed by atoms with Crippen LogP contribution in [0.3, 0.4) is 0 Å². The molecule has 2 saturated heterocycles. The Morgan fingerprint density at radius 1 is 0.773 bits per heavy atom. The average Bonchev–Trinajstić information content (AvgIpc) is 2.55. The summed E-state index contributed by atoms with van der Waals surface area (Å²) >= 11 is 0. The minimum atomic E-state index is -0.253. The fourth-order valence-corrected chi connectivity index (χ4v) is 3.67. The second-order valence-electron chi connectivity index (χ2n) is 6.84. The van der Waals surface area contributed by atoms with Crippen molar-refractivity contribution in [1.29, 1.82) is 0 Å². The highest BCUT2D eigenvalue weighted by molar-refractivity contribution is 5.71. The summed E-state index contributed by atoms with van der Waals surface area (Å²) in [6.07, 6.45) is 10.2. The minimum Gasteiger partial charge on any atom is -0.351 e. The molecule has 0 bridgehead atoms. The number of amides is 2. The zero-order valence-electron chi connectivity index (χ0n) is 14.1. The van der Waals surface area contributed by atoms with Gasteiger partial charge in [0.15, 0.2) is 0 Å². The van der Waals surface area contributed by atoms with Crippen LogP contribution in [0.1, 0.15) is 51.4 Å². The molecule has 0 saturated carbocycles. The van der Waals surface area contributed by atoms with Gasteiger partial charge in [-0.25, -0.2) is 4.79 Å². The Kier molecular flexibility index (Phi) is 8.02. The summed E-state index contributed by atoms with van der Waals surface area (Å²) in [5, 5.41) is 0. The Balaban J connectivity index is 1.58. The smallest absolute Gasteiger partial charge is 0.314 e. The number of rotatable bonds is 8. The van der Waals surface area contributed by atoms with E-state index < -0.39 is 0 Å². The van der Waals surface area contributed by atoms with Crippen molar-refractivity contribution in [3.63, 3.8) is 0 Å². The zero-order chi connectivity index (χ0) is 15.6. The van der Waals surface area contributed by atoms with E-state index in [1.165, 1.54) is 64.7 Å². The Bertz CT molecular complexity index is 288. The third-order valence-corrected chi connectivity index (χ3v) is 5.01. The van der Waals surface area contributed by atoms with E-state index in [1.54, 1.807) is 0 Å². The van der Waals surface area contributed by atoms with Gasteiger partial charge in [-0.1, -0.05) is 12.8 Å². The van der Waals surface area contributed by atoms with E-state index in [9.17, 15) is 4.79 Å². The highest BCUT2D eigenvalue weighted by Gasteiger charge is 2.14. The number of likely N-dealkylation sites (tertiary alicyclic amines) is 2. The van der Waals surface area contributed by atoms with E-state index in [2.05, 4.69) is 9.80 Å². The van der Waals surface area contributed by atoms with Crippen LogP contribution >= 0.6 is 0 Å². The number of carbonyl (C=O) groups is 1. The van der Waals surface area contributed by atoms with Crippen LogP contribution in [0.4, 0.5) is 4.79 Å². The normalized spacial score (nSPS) is 20.9. The van der Waals surface area contributed by atoms with Gasteiger partial charge >= 0.3 is 6.03 Å². The molecule has 0 spiro atoms. The van der Waals surface area contributed by atoms with Gasteiger partial charge in [-0.05, 0) is 77.8 Å². The van der Waals surface area contributed by atoms with E-state index in [1.807, 2.05) is 4.90 Å². The molecule has 0 atom stereocenters. The first-order chi connectivity index (χ1) is 10.8. The quantitative estimate of drug-likeness (QED) is 0.747. The third-order valence-electron chi connectivity index (χ3n) is 5.01. The first-order valence-electron chi connectivity index (χ1n) is 9.25. The molecule has 22 heavy (non-hydrogen) atoms. The van der Waals surface area contributed by atoms with Crippen LogP contribution in [0, 0.1) is 0 Å². The number of hydrogen-bond acceptors (Lipinski definition) is 3. The second kappa shape index (κ2) is 10.1. The Hall–Kier alpha value is -0.810. The van der Waals surface area contributed by atoms with Gasteiger partial charge in [-0.3, -0.25) is 0 Å². The molecule has 2 amide bonds. The van der Waals surface area contributed by atoms with Crippen molar-refractivity contribution < 1.29 is 4.79 Å². The zero-order valence-corrected chi connectivity index (χ0v) is 14.1. The largest absolute Gasteiger partial charge is 0.351 e. The van der Waals surface area contributed by atoms with Crippen molar-refractivity contribution in [3.05, 3.63) is 0 Å². The lowest BCUT2D eigenvalue weighted by molar-refractivity contribution is 0.182. The molecular formula is C17H34N4O. The highest BCUT2D eigenvalue weighted by atomic mass is 16.2. The third kappa shape index (κ3) is 6.53. The van der Waals surface area contributed by atoms with E-state index >= 15 is 0 Å². The van der Waals surface area contributed by atoms with E-state index in [0.717, 1.165) is 39.0 Å². The summed E-state index contributed by atoms with van der Waals surface area (Å²) in [7, 11) is 0. The molecule has 0 aromatic heterocycles. The molecule has 0 aromatic rings. The van der Waals surface area contributed by atoms with Crippen molar-refractivity contribution in [3.8, 4) is 0 Å². The molecule has 128 valence electrons. The summed E-state index contributed by atoms with van der Waals surface area (Å²) < 4.78 is 0. The van der Waals surface area contributed by atoms with Gasteiger partial charge in [-0.15, -0.1) is 0 Å². The predicted octanol–water partition coefficient (Wildman–Crippen LogP) is 2.12. The van der Waals surface area contributed by atoms with Crippen molar-refractivity contribution >= 4 is 6.03 Å². The van der Waals surface area contributed by atoms with Gasteiger partial charge < -0.3 is 20.4 Å². The van der Waals surface area contributed by atoms with Crippen LogP contribution in [0.5, 0.6) is 0 Å². The first-order valence-corrected chi connectivity index (χ1v) is 9.25. The lowest BCUT2D eigenvalue weighted by Crippen LogP contribution is -2.40. The Morgan fingerprint density at radius 2 is 1.18 bits per heavy atom. The van der Waals surface area contributed by atoms with Crippen LogP contribution in [0.2, 0.25) is 0 Å². The summed E-state index contributed by atoms with van der Waals surface area (Å²) in [6, 6.07) is -0.253. The molecule has 0 aromatic carbocycles. The number of hydrogen-bond donors (Lipinski definition) is 1. The molecule has 0 radical (unpaired) electrons. The fraction of sp³-hybridized carbons (Fsp3) is 0.941. The van der Waals surface area contributed by atoms with Gasteiger partial charge in [0.2, 0.25) is 0 Å². The standard InChI is InChI=1S/C17H34N4O/c18-17(22)21(15-7-13-19-9-3-1-4-10-19)16-8-14-20-11-5-2-6-12-20/h1-16H2,(H2,18,22). The summed E-state index contributed by atoms with van der Waals surface area (Å²) in [4.78, 5) is 18.5.